The van der Waals surface area contributed by atoms with E-state index in [1.807, 2.05) is 42.7 Å². The molecule has 0 bridgehead atoms. The van der Waals surface area contributed by atoms with E-state index in [4.69, 9.17) is 0 Å². The second kappa shape index (κ2) is 9.60. The smallest absolute Gasteiger partial charge is 0.233 e. The molecule has 1 aromatic heterocycles. The van der Waals surface area contributed by atoms with Crippen LogP contribution in [0.25, 0.3) is 0 Å². The lowest BCUT2D eigenvalue weighted by Crippen LogP contribution is -2.34. The fourth-order valence-electron chi connectivity index (χ4n) is 2.03. The van der Waals surface area contributed by atoms with Gasteiger partial charge in [0, 0.05) is 35.3 Å². The van der Waals surface area contributed by atoms with Crippen molar-refractivity contribution in [1.82, 2.24) is 9.88 Å². The van der Waals surface area contributed by atoms with E-state index < -0.39 is 0 Å². The van der Waals surface area contributed by atoms with Crippen molar-refractivity contribution in [1.29, 1.82) is 0 Å². The fraction of sp³-hybridized carbons (Fsp3) is 0.294. The van der Waals surface area contributed by atoms with Crippen LogP contribution in [0.3, 0.4) is 0 Å². The van der Waals surface area contributed by atoms with Gasteiger partial charge in [-0.1, -0.05) is 12.1 Å². The SMILES string of the molecule is CSc1ccc(CN(CCO)C(=O)CSc2ccncc2)cc1. The second-order valence-corrected chi connectivity index (χ2v) is 6.79. The Bertz CT molecular complexity index is 606. The van der Waals surface area contributed by atoms with E-state index in [0.29, 0.717) is 18.8 Å². The molecule has 1 heterocycles. The van der Waals surface area contributed by atoms with E-state index in [1.54, 1.807) is 29.1 Å². The molecule has 122 valence electrons. The van der Waals surface area contributed by atoms with Gasteiger partial charge in [-0.05, 0) is 36.1 Å². The zero-order valence-electron chi connectivity index (χ0n) is 13.0. The molecule has 6 heteroatoms. The Hall–Kier alpha value is -1.50. The van der Waals surface area contributed by atoms with E-state index in [-0.39, 0.29) is 12.5 Å². The van der Waals surface area contributed by atoms with Crippen molar-refractivity contribution in [3.63, 3.8) is 0 Å². The Balaban J connectivity index is 1.94. The molecular weight excluding hydrogens is 328 g/mol. The number of pyridine rings is 1. The number of aromatic nitrogens is 1. The second-order valence-electron chi connectivity index (χ2n) is 4.86. The highest BCUT2D eigenvalue weighted by Crippen LogP contribution is 2.19. The molecule has 0 radical (unpaired) electrons. The van der Waals surface area contributed by atoms with Crippen LogP contribution in [0.5, 0.6) is 0 Å². The molecule has 0 saturated carbocycles. The highest BCUT2D eigenvalue weighted by Gasteiger charge is 2.14. The summed E-state index contributed by atoms with van der Waals surface area (Å²) < 4.78 is 0. The van der Waals surface area contributed by atoms with E-state index in [2.05, 4.69) is 4.98 Å². The van der Waals surface area contributed by atoms with Crippen molar-refractivity contribution < 1.29 is 9.90 Å². The molecule has 2 aromatic rings. The summed E-state index contributed by atoms with van der Waals surface area (Å²) in [6.07, 6.45) is 5.46. The predicted molar refractivity (Wildman–Crippen MR) is 95.7 cm³/mol. The molecule has 0 aliphatic carbocycles. The van der Waals surface area contributed by atoms with Crippen LogP contribution in [0, 0.1) is 0 Å². The Kier molecular flexibility index (Phi) is 7.45. The monoisotopic (exact) mass is 348 g/mol. The van der Waals surface area contributed by atoms with Crippen LogP contribution in [0.15, 0.2) is 58.6 Å². The largest absolute Gasteiger partial charge is 0.395 e. The average Bonchev–Trinajstić information content (AvgIpc) is 2.61. The lowest BCUT2D eigenvalue weighted by molar-refractivity contribution is -0.129. The minimum atomic E-state index is -0.0332. The van der Waals surface area contributed by atoms with Gasteiger partial charge in [-0.15, -0.1) is 23.5 Å². The number of carbonyl (C=O) groups is 1. The first-order valence-corrected chi connectivity index (χ1v) is 9.48. The number of thioether (sulfide) groups is 2. The van der Waals surface area contributed by atoms with Gasteiger partial charge in [0.15, 0.2) is 0 Å². The molecule has 0 unspecified atom stereocenters. The molecule has 1 N–H and O–H groups in total. The molecule has 2 rings (SSSR count). The van der Waals surface area contributed by atoms with E-state index in [1.165, 1.54) is 16.7 Å². The normalized spacial score (nSPS) is 10.5. The Morgan fingerprint density at radius 3 is 2.43 bits per heavy atom. The van der Waals surface area contributed by atoms with Crippen molar-refractivity contribution in [3.8, 4) is 0 Å². The Labute approximate surface area is 145 Å². The van der Waals surface area contributed by atoms with Gasteiger partial charge in [0.05, 0.1) is 12.4 Å². The van der Waals surface area contributed by atoms with Crippen molar-refractivity contribution in [3.05, 3.63) is 54.4 Å². The van der Waals surface area contributed by atoms with Crippen molar-refractivity contribution in [2.45, 2.75) is 16.3 Å². The molecule has 1 aromatic carbocycles. The van der Waals surface area contributed by atoms with Gasteiger partial charge in [0.25, 0.3) is 0 Å². The first kappa shape index (κ1) is 17.8. The number of nitrogens with zero attached hydrogens (tertiary/aromatic N) is 2. The van der Waals surface area contributed by atoms with E-state index in [9.17, 15) is 9.90 Å². The van der Waals surface area contributed by atoms with Crippen LogP contribution in [-0.2, 0) is 11.3 Å². The van der Waals surface area contributed by atoms with E-state index >= 15 is 0 Å². The number of aliphatic hydroxyl groups excluding tert-OH is 1. The molecule has 23 heavy (non-hydrogen) atoms. The van der Waals surface area contributed by atoms with Gasteiger partial charge < -0.3 is 10.0 Å². The molecule has 0 aliphatic heterocycles. The standard InChI is InChI=1S/C17H20N2O2S2/c1-22-15-4-2-14(3-5-15)12-19(10-11-20)17(21)13-23-16-6-8-18-9-7-16/h2-9,20H,10-13H2,1H3. The summed E-state index contributed by atoms with van der Waals surface area (Å²) in [4.78, 5) is 20.3. The van der Waals surface area contributed by atoms with Crippen molar-refractivity contribution in [2.75, 3.05) is 25.2 Å². The average molecular weight is 348 g/mol. The van der Waals surface area contributed by atoms with Gasteiger partial charge in [-0.25, -0.2) is 0 Å². The summed E-state index contributed by atoms with van der Waals surface area (Å²) in [7, 11) is 0. The third-order valence-corrected chi connectivity index (χ3v) is 5.01. The maximum absolute atomic E-state index is 12.4. The minimum absolute atomic E-state index is 0.0230. The summed E-state index contributed by atoms with van der Waals surface area (Å²) in [6.45, 7) is 0.833. The quantitative estimate of drug-likeness (QED) is 0.744. The van der Waals surface area contributed by atoms with Crippen molar-refractivity contribution in [2.24, 2.45) is 0 Å². The molecule has 0 fully saturated rings. The number of carbonyl (C=O) groups excluding carboxylic acids is 1. The van der Waals surface area contributed by atoms with Crippen LogP contribution in [0.1, 0.15) is 5.56 Å². The zero-order valence-corrected chi connectivity index (χ0v) is 14.6. The summed E-state index contributed by atoms with van der Waals surface area (Å²) in [5.74, 6) is 0.377. The molecule has 4 nitrogen and oxygen atoms in total. The summed E-state index contributed by atoms with van der Waals surface area (Å²) in [6, 6.07) is 11.9. The summed E-state index contributed by atoms with van der Waals surface area (Å²) >= 11 is 3.17. The minimum Gasteiger partial charge on any atom is -0.395 e. The number of rotatable bonds is 8. The topological polar surface area (TPSA) is 53.4 Å². The third-order valence-electron chi connectivity index (χ3n) is 3.27. The van der Waals surface area contributed by atoms with Gasteiger partial charge >= 0.3 is 0 Å². The van der Waals surface area contributed by atoms with E-state index in [0.717, 1.165) is 10.5 Å². The lowest BCUT2D eigenvalue weighted by atomic mass is 10.2. The van der Waals surface area contributed by atoms with Crippen LogP contribution in [-0.4, -0.2) is 46.1 Å². The number of hydrogen-bond donors (Lipinski definition) is 1. The molecule has 1 amide bonds. The fourth-order valence-corrected chi connectivity index (χ4v) is 3.23. The van der Waals surface area contributed by atoms with Crippen LogP contribution < -0.4 is 0 Å². The predicted octanol–water partition coefficient (Wildman–Crippen LogP) is 2.92. The van der Waals surface area contributed by atoms with Gasteiger partial charge in [-0.3, -0.25) is 9.78 Å². The highest BCUT2D eigenvalue weighted by molar-refractivity contribution is 8.00. The zero-order chi connectivity index (χ0) is 16.5. The lowest BCUT2D eigenvalue weighted by Gasteiger charge is -2.22. The molecule has 0 saturated heterocycles. The maximum Gasteiger partial charge on any atom is 0.233 e. The summed E-state index contributed by atoms with van der Waals surface area (Å²) in [5, 5.41) is 9.22. The highest BCUT2D eigenvalue weighted by atomic mass is 32.2. The molecular formula is C17H20N2O2S2. The van der Waals surface area contributed by atoms with Gasteiger partial charge in [-0.2, -0.15) is 0 Å². The summed E-state index contributed by atoms with van der Waals surface area (Å²) in [5.41, 5.74) is 1.07. The molecule has 0 atom stereocenters. The van der Waals surface area contributed by atoms with Gasteiger partial charge in [0.1, 0.15) is 0 Å². The van der Waals surface area contributed by atoms with Gasteiger partial charge in [0.2, 0.25) is 5.91 Å². The number of benzene rings is 1. The van der Waals surface area contributed by atoms with Crippen molar-refractivity contribution >= 4 is 29.4 Å². The first-order valence-electron chi connectivity index (χ1n) is 7.27. The Morgan fingerprint density at radius 1 is 1.13 bits per heavy atom. The van der Waals surface area contributed by atoms with Crippen LogP contribution >= 0.6 is 23.5 Å². The maximum atomic E-state index is 12.4. The third kappa shape index (κ3) is 5.89. The first-order chi connectivity index (χ1) is 11.2. The molecule has 0 aliphatic rings. The van der Waals surface area contributed by atoms with Crippen LogP contribution in [0.2, 0.25) is 0 Å². The Morgan fingerprint density at radius 2 is 1.83 bits per heavy atom. The number of aliphatic hydroxyl groups is 1. The number of hydrogen-bond acceptors (Lipinski definition) is 5. The molecule has 0 spiro atoms. The number of amides is 1. The van der Waals surface area contributed by atoms with Crippen LogP contribution in [0.4, 0.5) is 0 Å².